The van der Waals surface area contributed by atoms with Crippen LogP contribution in [-0.2, 0) is 28.7 Å². The van der Waals surface area contributed by atoms with Crippen LogP contribution in [0, 0.1) is 0 Å². The van der Waals surface area contributed by atoms with Crippen molar-refractivity contribution in [3.05, 3.63) is 0 Å². The standard InChI is InChI=1S/C22H39NO8/c1-3-4-5-6-7-8-9-10-11-12-21(28)30-15-18(25)16-31-22(29)19(23-17(2)24)13-14-20(26)27/h18-19,25H,3-16H2,1-2H3,(H,23,24)(H,26,27)/t18-,19+/m1/s1. The minimum absolute atomic E-state index is 0.127. The monoisotopic (exact) mass is 445 g/mol. The molecule has 0 aromatic carbocycles. The van der Waals surface area contributed by atoms with Crippen LogP contribution in [0.1, 0.15) is 90.9 Å². The molecule has 0 unspecified atom stereocenters. The van der Waals surface area contributed by atoms with Crippen LogP contribution in [-0.4, -0.2) is 59.4 Å². The number of aliphatic hydroxyl groups excluding tert-OH is 1. The number of rotatable bonds is 19. The SMILES string of the molecule is CCCCCCCCCCCC(=O)OC[C@@H](O)COC(=O)[C@H](CCC(=O)O)NC(C)=O. The van der Waals surface area contributed by atoms with Crippen molar-refractivity contribution in [3.8, 4) is 0 Å². The number of aliphatic carboxylic acids is 1. The van der Waals surface area contributed by atoms with Gasteiger partial charge >= 0.3 is 17.9 Å². The Kier molecular flexibility index (Phi) is 17.3. The Hall–Kier alpha value is -2.16. The first-order chi connectivity index (χ1) is 14.8. The van der Waals surface area contributed by atoms with Crippen molar-refractivity contribution < 1.29 is 38.9 Å². The highest BCUT2D eigenvalue weighted by Gasteiger charge is 2.23. The number of esters is 2. The van der Waals surface area contributed by atoms with Gasteiger partial charge in [0.2, 0.25) is 5.91 Å². The Morgan fingerprint density at radius 1 is 0.839 bits per heavy atom. The molecule has 0 fully saturated rings. The van der Waals surface area contributed by atoms with Crippen molar-refractivity contribution in [3.63, 3.8) is 0 Å². The molecule has 31 heavy (non-hydrogen) atoms. The van der Waals surface area contributed by atoms with Crippen molar-refractivity contribution in [2.75, 3.05) is 13.2 Å². The van der Waals surface area contributed by atoms with Gasteiger partial charge in [-0.1, -0.05) is 58.3 Å². The van der Waals surface area contributed by atoms with E-state index in [0.29, 0.717) is 0 Å². The fraction of sp³-hybridized carbons (Fsp3) is 0.818. The van der Waals surface area contributed by atoms with Crippen LogP contribution in [0.2, 0.25) is 0 Å². The third-order valence-electron chi connectivity index (χ3n) is 4.65. The van der Waals surface area contributed by atoms with Gasteiger partial charge in [-0.3, -0.25) is 14.4 Å². The Labute approximate surface area is 184 Å². The van der Waals surface area contributed by atoms with Gasteiger partial charge in [0.1, 0.15) is 25.4 Å². The second-order valence-corrected chi connectivity index (χ2v) is 7.73. The molecule has 0 spiro atoms. The highest BCUT2D eigenvalue weighted by Crippen LogP contribution is 2.11. The second kappa shape index (κ2) is 18.6. The fourth-order valence-electron chi connectivity index (χ4n) is 2.93. The molecule has 1 amide bonds. The van der Waals surface area contributed by atoms with Gasteiger partial charge in [-0.25, -0.2) is 4.79 Å². The third kappa shape index (κ3) is 18.3. The lowest BCUT2D eigenvalue weighted by Gasteiger charge is -2.17. The summed E-state index contributed by atoms with van der Waals surface area (Å²) < 4.78 is 9.89. The number of nitrogens with one attached hydrogen (secondary N) is 1. The number of aliphatic hydroxyl groups is 1. The van der Waals surface area contributed by atoms with E-state index < -0.39 is 42.6 Å². The van der Waals surface area contributed by atoms with E-state index in [1.807, 2.05) is 0 Å². The molecule has 9 nitrogen and oxygen atoms in total. The Morgan fingerprint density at radius 3 is 1.94 bits per heavy atom. The number of hydrogen-bond acceptors (Lipinski definition) is 7. The average Bonchev–Trinajstić information content (AvgIpc) is 2.71. The zero-order chi connectivity index (χ0) is 23.5. The summed E-state index contributed by atoms with van der Waals surface area (Å²) in [6.45, 7) is 2.67. The number of amides is 1. The maximum absolute atomic E-state index is 12.0. The summed E-state index contributed by atoms with van der Waals surface area (Å²) in [7, 11) is 0. The summed E-state index contributed by atoms with van der Waals surface area (Å²) in [5.74, 6) is -2.87. The largest absolute Gasteiger partial charge is 0.481 e. The van der Waals surface area contributed by atoms with Gasteiger partial charge in [-0.15, -0.1) is 0 Å². The molecule has 0 aliphatic carbocycles. The number of ether oxygens (including phenoxy) is 2. The molecule has 9 heteroatoms. The zero-order valence-electron chi connectivity index (χ0n) is 18.9. The lowest BCUT2D eigenvalue weighted by Crippen LogP contribution is -2.42. The van der Waals surface area contributed by atoms with Crippen molar-refractivity contribution >= 4 is 23.8 Å². The number of carbonyl (C=O) groups excluding carboxylic acids is 3. The van der Waals surface area contributed by atoms with Gasteiger partial charge in [0.05, 0.1) is 0 Å². The van der Waals surface area contributed by atoms with E-state index >= 15 is 0 Å². The van der Waals surface area contributed by atoms with Crippen molar-refractivity contribution in [1.29, 1.82) is 0 Å². The quantitative estimate of drug-likeness (QED) is 0.204. The number of carboxylic acids is 1. The molecule has 0 aliphatic heterocycles. The summed E-state index contributed by atoms with van der Waals surface area (Å²) in [6.07, 6.45) is 8.91. The van der Waals surface area contributed by atoms with Crippen LogP contribution in [0.15, 0.2) is 0 Å². The third-order valence-corrected chi connectivity index (χ3v) is 4.65. The molecule has 180 valence electrons. The number of carbonyl (C=O) groups is 4. The molecule has 0 aromatic rings. The molecule has 0 rings (SSSR count). The van der Waals surface area contributed by atoms with Crippen molar-refractivity contribution in [1.82, 2.24) is 5.32 Å². The molecule has 0 heterocycles. The van der Waals surface area contributed by atoms with Gasteiger partial charge < -0.3 is 25.0 Å². The molecule has 3 N–H and O–H groups in total. The Balaban J connectivity index is 3.91. The number of hydrogen-bond donors (Lipinski definition) is 3. The smallest absolute Gasteiger partial charge is 0.328 e. The van der Waals surface area contributed by atoms with E-state index in [2.05, 4.69) is 12.2 Å². The predicted octanol–water partition coefficient (Wildman–Crippen LogP) is 2.72. The fourth-order valence-corrected chi connectivity index (χ4v) is 2.93. The number of carboxylic acid groups (broad SMARTS) is 1. The van der Waals surface area contributed by atoms with E-state index in [-0.39, 0.29) is 25.9 Å². The average molecular weight is 446 g/mol. The van der Waals surface area contributed by atoms with Crippen LogP contribution in [0.4, 0.5) is 0 Å². The lowest BCUT2D eigenvalue weighted by atomic mass is 10.1. The molecule has 0 radical (unpaired) electrons. The Bertz CT molecular complexity index is 538. The molecule has 0 saturated heterocycles. The summed E-state index contributed by atoms with van der Waals surface area (Å²) in [5.41, 5.74) is 0. The minimum Gasteiger partial charge on any atom is -0.481 e. The maximum atomic E-state index is 12.0. The summed E-state index contributed by atoms with van der Waals surface area (Å²) in [6, 6.07) is -1.12. The van der Waals surface area contributed by atoms with Crippen molar-refractivity contribution in [2.24, 2.45) is 0 Å². The van der Waals surface area contributed by atoms with Crippen LogP contribution in [0.5, 0.6) is 0 Å². The van der Waals surface area contributed by atoms with Gasteiger partial charge in [0, 0.05) is 19.8 Å². The van der Waals surface area contributed by atoms with Crippen molar-refractivity contribution in [2.45, 2.75) is 103 Å². The van der Waals surface area contributed by atoms with E-state index in [1.165, 1.54) is 45.4 Å². The summed E-state index contributed by atoms with van der Waals surface area (Å²) >= 11 is 0. The molecule has 2 atom stereocenters. The minimum atomic E-state index is -1.20. The van der Waals surface area contributed by atoms with Crippen LogP contribution in [0.3, 0.4) is 0 Å². The molecule has 0 aliphatic rings. The maximum Gasteiger partial charge on any atom is 0.328 e. The first-order valence-electron chi connectivity index (χ1n) is 11.3. The lowest BCUT2D eigenvalue weighted by molar-refractivity contribution is -0.155. The highest BCUT2D eigenvalue weighted by atomic mass is 16.6. The van der Waals surface area contributed by atoms with Gasteiger partial charge in [-0.05, 0) is 12.8 Å². The molecular formula is C22H39NO8. The first kappa shape index (κ1) is 28.8. The zero-order valence-corrected chi connectivity index (χ0v) is 18.9. The van der Waals surface area contributed by atoms with Gasteiger partial charge in [-0.2, -0.15) is 0 Å². The highest BCUT2D eigenvalue weighted by molar-refractivity contribution is 5.83. The normalized spacial score (nSPS) is 12.6. The second-order valence-electron chi connectivity index (χ2n) is 7.73. The van der Waals surface area contributed by atoms with Crippen LogP contribution in [0.25, 0.3) is 0 Å². The van der Waals surface area contributed by atoms with Crippen LogP contribution < -0.4 is 5.32 Å². The first-order valence-corrected chi connectivity index (χ1v) is 11.3. The van der Waals surface area contributed by atoms with E-state index in [4.69, 9.17) is 14.6 Å². The molecule has 0 saturated carbocycles. The summed E-state index contributed by atoms with van der Waals surface area (Å²) in [5, 5.41) is 20.8. The Morgan fingerprint density at radius 2 is 1.39 bits per heavy atom. The summed E-state index contributed by atoms with van der Waals surface area (Å²) in [4.78, 5) is 45.5. The molecular weight excluding hydrogens is 406 g/mol. The predicted molar refractivity (Wildman–Crippen MR) is 114 cm³/mol. The van der Waals surface area contributed by atoms with Gasteiger partial charge in [0.15, 0.2) is 0 Å². The van der Waals surface area contributed by atoms with E-state index in [0.717, 1.165) is 19.3 Å². The van der Waals surface area contributed by atoms with E-state index in [1.54, 1.807) is 0 Å². The molecule has 0 aromatic heterocycles. The number of unbranched alkanes of at least 4 members (excludes halogenated alkanes) is 8. The molecule has 0 bridgehead atoms. The van der Waals surface area contributed by atoms with E-state index in [9.17, 15) is 24.3 Å². The van der Waals surface area contributed by atoms with Gasteiger partial charge in [0.25, 0.3) is 0 Å². The topological polar surface area (TPSA) is 139 Å². The van der Waals surface area contributed by atoms with Crippen LogP contribution >= 0.6 is 0 Å².